The number of carbonyl (C=O) groups excluding carboxylic acids is 1. The van der Waals surface area contributed by atoms with Gasteiger partial charge >= 0.3 is 5.97 Å². The standard InChI is InChI=1S/C22H33N5O2.HI/c1-3-29-21(28)13-6-4-5-9-14-24-22(23-2)25-17-19-11-7-8-12-20(19)18-27-16-10-15-26-27;/h7-8,10-12,15-16H,3-6,9,13-14,17-18H2,1-2H3,(H2,23,24,25);1H. The first-order valence-electron chi connectivity index (χ1n) is 10.4. The molecule has 0 aliphatic heterocycles. The van der Waals surface area contributed by atoms with Crippen LogP contribution in [-0.4, -0.2) is 41.9 Å². The molecule has 2 rings (SSSR count). The van der Waals surface area contributed by atoms with E-state index in [-0.39, 0.29) is 29.9 Å². The summed E-state index contributed by atoms with van der Waals surface area (Å²) >= 11 is 0. The lowest BCUT2D eigenvalue weighted by atomic mass is 10.1. The van der Waals surface area contributed by atoms with Gasteiger partial charge in [0.15, 0.2) is 5.96 Å². The van der Waals surface area contributed by atoms with Crippen molar-refractivity contribution >= 4 is 35.9 Å². The van der Waals surface area contributed by atoms with Crippen LogP contribution in [0.15, 0.2) is 47.7 Å². The molecule has 0 unspecified atom stereocenters. The Labute approximate surface area is 196 Å². The van der Waals surface area contributed by atoms with Gasteiger partial charge in [-0.3, -0.25) is 14.5 Å². The second-order valence-corrected chi connectivity index (χ2v) is 6.79. The van der Waals surface area contributed by atoms with Crippen molar-refractivity contribution in [3.63, 3.8) is 0 Å². The Kier molecular flexibility index (Phi) is 13.6. The predicted molar refractivity (Wildman–Crippen MR) is 131 cm³/mol. The molecule has 1 aromatic carbocycles. The van der Waals surface area contributed by atoms with Crippen molar-refractivity contribution in [2.24, 2.45) is 4.99 Å². The maximum Gasteiger partial charge on any atom is 0.305 e. The molecule has 30 heavy (non-hydrogen) atoms. The van der Waals surface area contributed by atoms with Crippen LogP contribution in [0.1, 0.15) is 50.2 Å². The van der Waals surface area contributed by atoms with E-state index in [2.05, 4.69) is 45.0 Å². The van der Waals surface area contributed by atoms with E-state index in [0.717, 1.165) is 44.7 Å². The molecule has 0 aliphatic carbocycles. The third kappa shape index (κ3) is 10.1. The zero-order chi connectivity index (χ0) is 20.7. The summed E-state index contributed by atoms with van der Waals surface area (Å²) in [6.07, 6.45) is 8.32. The van der Waals surface area contributed by atoms with Gasteiger partial charge in [-0.2, -0.15) is 5.10 Å². The van der Waals surface area contributed by atoms with Gasteiger partial charge < -0.3 is 15.4 Å². The summed E-state index contributed by atoms with van der Waals surface area (Å²) < 4.78 is 6.86. The summed E-state index contributed by atoms with van der Waals surface area (Å²) in [5, 5.41) is 11.0. The smallest absolute Gasteiger partial charge is 0.305 e. The number of carbonyl (C=O) groups is 1. The van der Waals surface area contributed by atoms with Gasteiger partial charge in [0, 0.05) is 39.0 Å². The molecule has 0 spiro atoms. The highest BCUT2D eigenvalue weighted by atomic mass is 127. The van der Waals surface area contributed by atoms with Crippen molar-refractivity contribution in [1.29, 1.82) is 0 Å². The predicted octanol–water partition coefficient (Wildman–Crippen LogP) is 3.73. The van der Waals surface area contributed by atoms with Gasteiger partial charge in [-0.1, -0.05) is 37.1 Å². The number of rotatable bonds is 12. The Morgan fingerprint density at radius 3 is 2.57 bits per heavy atom. The van der Waals surface area contributed by atoms with Crippen LogP contribution in [0, 0.1) is 0 Å². The lowest BCUT2D eigenvalue weighted by Crippen LogP contribution is -2.37. The van der Waals surface area contributed by atoms with Gasteiger partial charge in [-0.15, -0.1) is 24.0 Å². The lowest BCUT2D eigenvalue weighted by Gasteiger charge is -2.14. The first-order valence-corrected chi connectivity index (χ1v) is 10.4. The maximum atomic E-state index is 11.3. The van der Waals surface area contributed by atoms with Gasteiger partial charge in [-0.25, -0.2) is 0 Å². The Morgan fingerprint density at radius 1 is 1.10 bits per heavy atom. The van der Waals surface area contributed by atoms with Crippen molar-refractivity contribution in [2.75, 3.05) is 20.2 Å². The summed E-state index contributed by atoms with van der Waals surface area (Å²) in [7, 11) is 1.78. The first kappa shape index (κ1) is 25.9. The Balaban J connectivity index is 0.00000450. The fraction of sp³-hybridized carbons (Fsp3) is 0.500. The Bertz CT molecular complexity index is 750. The van der Waals surface area contributed by atoms with E-state index in [4.69, 9.17) is 4.74 Å². The highest BCUT2D eigenvalue weighted by molar-refractivity contribution is 14.0. The third-order valence-electron chi connectivity index (χ3n) is 4.59. The number of hydrogen-bond acceptors (Lipinski definition) is 4. The van der Waals surface area contributed by atoms with Crippen LogP contribution < -0.4 is 10.6 Å². The van der Waals surface area contributed by atoms with Crippen LogP contribution in [0.4, 0.5) is 0 Å². The van der Waals surface area contributed by atoms with E-state index >= 15 is 0 Å². The highest BCUT2D eigenvalue weighted by Crippen LogP contribution is 2.10. The number of nitrogens with one attached hydrogen (secondary N) is 2. The van der Waals surface area contributed by atoms with Crippen molar-refractivity contribution in [2.45, 2.75) is 52.1 Å². The fourth-order valence-electron chi connectivity index (χ4n) is 3.04. The quantitative estimate of drug-likeness (QED) is 0.145. The maximum absolute atomic E-state index is 11.3. The summed E-state index contributed by atoms with van der Waals surface area (Å²) in [6.45, 7) is 4.61. The molecule has 0 fully saturated rings. The van der Waals surface area contributed by atoms with Gasteiger partial charge in [0.2, 0.25) is 0 Å². The van der Waals surface area contributed by atoms with Crippen LogP contribution in [0.2, 0.25) is 0 Å². The number of halogens is 1. The lowest BCUT2D eigenvalue weighted by molar-refractivity contribution is -0.143. The summed E-state index contributed by atoms with van der Waals surface area (Å²) in [5.74, 6) is 0.702. The molecule has 2 aromatic rings. The second-order valence-electron chi connectivity index (χ2n) is 6.79. The molecule has 0 amide bonds. The van der Waals surface area contributed by atoms with Crippen LogP contribution in [0.5, 0.6) is 0 Å². The Hall–Kier alpha value is -2.10. The third-order valence-corrected chi connectivity index (χ3v) is 4.59. The van der Waals surface area contributed by atoms with Gasteiger partial charge in [0.1, 0.15) is 0 Å². The van der Waals surface area contributed by atoms with E-state index in [0.29, 0.717) is 19.6 Å². The molecule has 7 nitrogen and oxygen atoms in total. The summed E-state index contributed by atoms with van der Waals surface area (Å²) in [5.41, 5.74) is 2.46. The molecule has 166 valence electrons. The normalized spacial score (nSPS) is 10.9. The highest BCUT2D eigenvalue weighted by Gasteiger charge is 2.05. The van der Waals surface area contributed by atoms with E-state index < -0.39 is 0 Å². The van der Waals surface area contributed by atoms with Crippen molar-refractivity contribution in [3.8, 4) is 0 Å². The topological polar surface area (TPSA) is 80.5 Å². The molecule has 0 bridgehead atoms. The minimum Gasteiger partial charge on any atom is -0.466 e. The molecule has 8 heteroatoms. The van der Waals surface area contributed by atoms with Crippen LogP contribution in [0.25, 0.3) is 0 Å². The first-order chi connectivity index (χ1) is 14.2. The number of aromatic nitrogens is 2. The zero-order valence-electron chi connectivity index (χ0n) is 18.0. The molecule has 0 saturated carbocycles. The molecule has 0 saturated heterocycles. The molecule has 1 heterocycles. The molecule has 1 aromatic heterocycles. The van der Waals surface area contributed by atoms with Crippen molar-refractivity contribution in [1.82, 2.24) is 20.4 Å². The average Bonchev–Trinajstić information content (AvgIpc) is 3.24. The number of guanidine groups is 1. The molecular formula is C22H34IN5O2. The van der Waals surface area contributed by atoms with E-state index in [1.165, 1.54) is 11.1 Å². The monoisotopic (exact) mass is 527 g/mol. The second kappa shape index (κ2) is 15.7. The van der Waals surface area contributed by atoms with Crippen LogP contribution >= 0.6 is 24.0 Å². The van der Waals surface area contributed by atoms with E-state index in [1.807, 2.05) is 23.9 Å². The van der Waals surface area contributed by atoms with E-state index in [1.54, 1.807) is 13.2 Å². The molecule has 2 N–H and O–H groups in total. The minimum atomic E-state index is -0.0944. The van der Waals surface area contributed by atoms with Crippen molar-refractivity contribution < 1.29 is 9.53 Å². The van der Waals surface area contributed by atoms with Crippen molar-refractivity contribution in [3.05, 3.63) is 53.9 Å². The molecular weight excluding hydrogens is 493 g/mol. The number of aliphatic imine (C=N–C) groups is 1. The Morgan fingerprint density at radius 2 is 1.87 bits per heavy atom. The number of unbranched alkanes of at least 4 members (excludes halogenated alkanes) is 3. The summed E-state index contributed by atoms with van der Waals surface area (Å²) in [4.78, 5) is 15.6. The van der Waals surface area contributed by atoms with Crippen LogP contribution in [-0.2, 0) is 22.6 Å². The molecule has 0 atom stereocenters. The van der Waals surface area contributed by atoms with Gasteiger partial charge in [0.05, 0.1) is 13.2 Å². The number of benzene rings is 1. The van der Waals surface area contributed by atoms with Gasteiger partial charge in [-0.05, 0) is 37.0 Å². The van der Waals surface area contributed by atoms with Gasteiger partial charge in [0.25, 0.3) is 0 Å². The number of hydrogen-bond donors (Lipinski definition) is 2. The number of nitrogens with zero attached hydrogens (tertiary/aromatic N) is 3. The summed E-state index contributed by atoms with van der Waals surface area (Å²) in [6, 6.07) is 10.3. The molecule has 0 aliphatic rings. The molecule has 0 radical (unpaired) electrons. The van der Waals surface area contributed by atoms with Crippen LogP contribution in [0.3, 0.4) is 0 Å². The minimum absolute atomic E-state index is 0. The average molecular weight is 527 g/mol. The number of ether oxygens (including phenoxy) is 1. The largest absolute Gasteiger partial charge is 0.466 e. The van der Waals surface area contributed by atoms with E-state index in [9.17, 15) is 4.79 Å². The fourth-order valence-corrected chi connectivity index (χ4v) is 3.04. The zero-order valence-corrected chi connectivity index (χ0v) is 20.3. The number of esters is 1. The SMILES string of the molecule is CCOC(=O)CCCCCCNC(=NC)NCc1ccccc1Cn1cccn1.I.